The summed E-state index contributed by atoms with van der Waals surface area (Å²) >= 11 is 0. The second-order valence-electron chi connectivity index (χ2n) is 5.52. The summed E-state index contributed by atoms with van der Waals surface area (Å²) < 4.78 is 0. The summed E-state index contributed by atoms with van der Waals surface area (Å²) in [7, 11) is 0. The molecule has 0 bridgehead atoms. The van der Waals surface area contributed by atoms with Gasteiger partial charge in [0.05, 0.1) is 13.1 Å². The lowest BCUT2D eigenvalue weighted by Gasteiger charge is -2.47. The standard InChI is InChI=1S/C13H24N4O2.2ClH/c1-10-8-16-5-3-2-4-11(16)9-17(10)13(19)7-15-12(18)6-14;;/h10-11H,2-9,14H2,1H3,(H,15,18);2*1H. The molecule has 2 unspecified atom stereocenters. The molecule has 2 aliphatic heterocycles. The highest BCUT2D eigenvalue weighted by molar-refractivity contribution is 5.86. The van der Waals surface area contributed by atoms with Crippen LogP contribution in [0, 0.1) is 0 Å². The molecule has 2 atom stereocenters. The predicted octanol–water partition coefficient (Wildman–Crippen LogP) is -0.00990. The zero-order valence-corrected chi connectivity index (χ0v) is 14.0. The van der Waals surface area contributed by atoms with Crippen LogP contribution in [0.1, 0.15) is 26.2 Å². The van der Waals surface area contributed by atoms with Crippen molar-refractivity contribution in [3.05, 3.63) is 0 Å². The SMILES string of the molecule is CC1CN2CCCCC2CN1C(=O)CNC(=O)CN.Cl.Cl. The zero-order valence-electron chi connectivity index (χ0n) is 12.4. The Bertz CT molecular complexity index is 357. The van der Waals surface area contributed by atoms with Crippen LogP contribution in [0.5, 0.6) is 0 Å². The van der Waals surface area contributed by atoms with E-state index in [0.29, 0.717) is 6.04 Å². The van der Waals surface area contributed by atoms with Gasteiger partial charge >= 0.3 is 0 Å². The number of piperazine rings is 1. The molecule has 0 saturated carbocycles. The Morgan fingerprint density at radius 1 is 1.24 bits per heavy atom. The summed E-state index contributed by atoms with van der Waals surface area (Å²) in [5, 5.41) is 2.55. The molecule has 0 spiro atoms. The molecule has 2 aliphatic rings. The van der Waals surface area contributed by atoms with Gasteiger partial charge in [-0.3, -0.25) is 14.5 Å². The Morgan fingerprint density at radius 3 is 2.62 bits per heavy atom. The fourth-order valence-electron chi connectivity index (χ4n) is 3.05. The predicted molar refractivity (Wildman–Crippen MR) is 86.9 cm³/mol. The normalized spacial score (nSPS) is 25.1. The van der Waals surface area contributed by atoms with Crippen LogP contribution in [0.4, 0.5) is 0 Å². The van der Waals surface area contributed by atoms with E-state index in [4.69, 9.17) is 5.73 Å². The second-order valence-corrected chi connectivity index (χ2v) is 5.52. The molecule has 2 heterocycles. The number of nitrogens with one attached hydrogen (secondary N) is 1. The largest absolute Gasteiger partial charge is 0.346 e. The molecule has 124 valence electrons. The quantitative estimate of drug-likeness (QED) is 0.757. The first-order chi connectivity index (χ1) is 9.11. The third kappa shape index (κ3) is 5.29. The number of nitrogens with two attached hydrogens (primary N) is 1. The van der Waals surface area contributed by atoms with Crippen LogP contribution in [0.25, 0.3) is 0 Å². The monoisotopic (exact) mass is 340 g/mol. The number of piperidine rings is 1. The van der Waals surface area contributed by atoms with Gasteiger partial charge in [-0.15, -0.1) is 24.8 Å². The summed E-state index contributed by atoms with van der Waals surface area (Å²) in [6, 6.07) is 0.718. The minimum atomic E-state index is -0.280. The van der Waals surface area contributed by atoms with Gasteiger partial charge in [0.2, 0.25) is 11.8 Å². The smallest absolute Gasteiger partial charge is 0.242 e. The molecule has 0 radical (unpaired) electrons. The highest BCUT2D eigenvalue weighted by Crippen LogP contribution is 2.23. The van der Waals surface area contributed by atoms with Crippen LogP contribution in [-0.2, 0) is 9.59 Å². The summed E-state index contributed by atoms with van der Waals surface area (Å²) in [5.41, 5.74) is 5.21. The number of amides is 2. The Hall–Kier alpha value is -0.560. The van der Waals surface area contributed by atoms with E-state index in [-0.39, 0.29) is 55.8 Å². The average Bonchev–Trinajstić information content (AvgIpc) is 2.43. The molecule has 2 rings (SSSR count). The van der Waals surface area contributed by atoms with Gasteiger partial charge in [-0.1, -0.05) is 6.42 Å². The minimum Gasteiger partial charge on any atom is -0.346 e. The van der Waals surface area contributed by atoms with Crippen molar-refractivity contribution in [2.75, 3.05) is 32.7 Å². The third-order valence-electron chi connectivity index (χ3n) is 4.13. The van der Waals surface area contributed by atoms with E-state index in [1.165, 1.54) is 19.3 Å². The molecular weight excluding hydrogens is 315 g/mol. The number of hydrogen-bond acceptors (Lipinski definition) is 4. The molecule has 0 aromatic rings. The molecule has 0 aromatic carbocycles. The van der Waals surface area contributed by atoms with Crippen LogP contribution >= 0.6 is 24.8 Å². The third-order valence-corrected chi connectivity index (χ3v) is 4.13. The number of carbonyl (C=O) groups is 2. The van der Waals surface area contributed by atoms with Crippen molar-refractivity contribution in [2.24, 2.45) is 5.73 Å². The first-order valence-electron chi connectivity index (χ1n) is 7.12. The number of carbonyl (C=O) groups excluding carboxylic acids is 2. The Balaban J connectivity index is 0.00000200. The fraction of sp³-hybridized carbons (Fsp3) is 0.846. The molecule has 6 nitrogen and oxygen atoms in total. The van der Waals surface area contributed by atoms with Crippen molar-refractivity contribution in [3.63, 3.8) is 0 Å². The Labute approximate surface area is 138 Å². The number of fused-ring (bicyclic) bond motifs is 1. The van der Waals surface area contributed by atoms with Crippen LogP contribution in [0.2, 0.25) is 0 Å². The van der Waals surface area contributed by atoms with Crippen LogP contribution in [-0.4, -0.2) is 66.4 Å². The van der Waals surface area contributed by atoms with Gasteiger partial charge in [0, 0.05) is 25.2 Å². The number of rotatable bonds is 3. The Morgan fingerprint density at radius 2 is 1.95 bits per heavy atom. The number of hydrogen-bond donors (Lipinski definition) is 2. The minimum absolute atomic E-state index is 0. The van der Waals surface area contributed by atoms with Gasteiger partial charge in [-0.05, 0) is 26.3 Å². The second kappa shape index (κ2) is 9.46. The summed E-state index contributed by atoms with van der Waals surface area (Å²) in [6.07, 6.45) is 3.69. The van der Waals surface area contributed by atoms with Crippen molar-refractivity contribution < 1.29 is 9.59 Å². The van der Waals surface area contributed by atoms with E-state index in [1.54, 1.807) is 0 Å². The van der Waals surface area contributed by atoms with Crippen LogP contribution in [0.15, 0.2) is 0 Å². The van der Waals surface area contributed by atoms with Crippen molar-refractivity contribution >= 4 is 36.6 Å². The molecule has 0 aromatic heterocycles. The summed E-state index contributed by atoms with van der Waals surface area (Å²) in [4.78, 5) is 27.7. The highest BCUT2D eigenvalue weighted by atomic mass is 35.5. The fourth-order valence-corrected chi connectivity index (χ4v) is 3.05. The van der Waals surface area contributed by atoms with E-state index < -0.39 is 0 Å². The van der Waals surface area contributed by atoms with E-state index in [0.717, 1.165) is 19.6 Å². The molecule has 2 amide bonds. The van der Waals surface area contributed by atoms with Gasteiger partial charge < -0.3 is 16.0 Å². The molecule has 3 N–H and O–H groups in total. The van der Waals surface area contributed by atoms with Crippen molar-refractivity contribution in [1.29, 1.82) is 0 Å². The molecule has 2 saturated heterocycles. The molecule has 8 heteroatoms. The van der Waals surface area contributed by atoms with Crippen molar-refractivity contribution in [2.45, 2.75) is 38.3 Å². The van der Waals surface area contributed by atoms with E-state index in [1.807, 2.05) is 4.90 Å². The van der Waals surface area contributed by atoms with E-state index in [2.05, 4.69) is 17.1 Å². The summed E-state index contributed by atoms with van der Waals surface area (Å²) in [6.45, 7) is 4.96. The van der Waals surface area contributed by atoms with Gasteiger partial charge in [0.1, 0.15) is 0 Å². The van der Waals surface area contributed by atoms with Gasteiger partial charge in [-0.2, -0.15) is 0 Å². The molecular formula is C13H26Cl2N4O2. The topological polar surface area (TPSA) is 78.7 Å². The van der Waals surface area contributed by atoms with E-state index >= 15 is 0 Å². The maximum Gasteiger partial charge on any atom is 0.242 e. The molecule has 21 heavy (non-hydrogen) atoms. The summed E-state index contributed by atoms with van der Waals surface area (Å²) in [5.74, 6) is -0.281. The average molecular weight is 341 g/mol. The maximum atomic E-state index is 12.2. The maximum absolute atomic E-state index is 12.2. The first kappa shape index (κ1) is 20.4. The first-order valence-corrected chi connectivity index (χ1v) is 7.12. The van der Waals surface area contributed by atoms with Gasteiger partial charge in [0.15, 0.2) is 0 Å². The zero-order chi connectivity index (χ0) is 13.8. The van der Waals surface area contributed by atoms with Crippen LogP contribution in [0.3, 0.4) is 0 Å². The van der Waals surface area contributed by atoms with Crippen molar-refractivity contribution in [3.8, 4) is 0 Å². The molecule has 0 aliphatic carbocycles. The van der Waals surface area contributed by atoms with Crippen LogP contribution < -0.4 is 11.1 Å². The van der Waals surface area contributed by atoms with E-state index in [9.17, 15) is 9.59 Å². The number of halogens is 2. The Kier molecular flexibility index (Phi) is 9.20. The highest BCUT2D eigenvalue weighted by Gasteiger charge is 2.34. The molecule has 2 fully saturated rings. The van der Waals surface area contributed by atoms with Gasteiger partial charge in [-0.25, -0.2) is 0 Å². The van der Waals surface area contributed by atoms with Gasteiger partial charge in [0.25, 0.3) is 0 Å². The lowest BCUT2D eigenvalue weighted by Crippen LogP contribution is -2.61. The number of nitrogens with zero attached hydrogens (tertiary/aromatic N) is 2. The lowest BCUT2D eigenvalue weighted by molar-refractivity contribution is -0.138. The van der Waals surface area contributed by atoms with Crippen molar-refractivity contribution in [1.82, 2.24) is 15.1 Å². The lowest BCUT2D eigenvalue weighted by atomic mass is 9.97.